The highest BCUT2D eigenvalue weighted by Crippen LogP contribution is 2.40. The van der Waals surface area contributed by atoms with Crippen LogP contribution in [0.2, 0.25) is 0 Å². The third-order valence-corrected chi connectivity index (χ3v) is 3.87. The average Bonchev–Trinajstić information content (AvgIpc) is 2.16. The molecule has 0 unspecified atom stereocenters. The van der Waals surface area contributed by atoms with Gasteiger partial charge in [0.2, 0.25) is 0 Å². The van der Waals surface area contributed by atoms with E-state index in [0.29, 0.717) is 6.42 Å². The van der Waals surface area contributed by atoms with Gasteiger partial charge in [-0.25, -0.2) is 0 Å². The molecule has 1 aliphatic rings. The number of carbonyl (C=O) groups excluding carboxylic acids is 1. The van der Waals surface area contributed by atoms with Gasteiger partial charge in [0, 0.05) is 5.33 Å². The molecule has 0 aliphatic carbocycles. The van der Waals surface area contributed by atoms with Gasteiger partial charge in [-0.15, -0.1) is 0 Å². The summed E-state index contributed by atoms with van der Waals surface area (Å²) in [6, 6.07) is 0. The third kappa shape index (κ3) is 2.46. The van der Waals surface area contributed by atoms with E-state index in [0.717, 1.165) is 24.6 Å². The standard InChI is InChI=1S/C10H17BrO2/c1-3-10(4-2)5-8(7-11)13-9(12)6-10/h8H,3-7H2,1-2H3/t8-/m1/s1. The second-order valence-corrected chi connectivity index (χ2v) is 4.50. The zero-order valence-electron chi connectivity index (χ0n) is 8.31. The molecule has 0 aromatic heterocycles. The van der Waals surface area contributed by atoms with Crippen LogP contribution in [-0.2, 0) is 9.53 Å². The number of esters is 1. The fourth-order valence-corrected chi connectivity index (χ4v) is 2.37. The molecule has 1 heterocycles. The number of alkyl halides is 1. The summed E-state index contributed by atoms with van der Waals surface area (Å²) in [6.07, 6.45) is 3.84. The molecule has 0 bridgehead atoms. The minimum atomic E-state index is -0.0283. The lowest BCUT2D eigenvalue weighted by Crippen LogP contribution is -2.38. The molecule has 0 spiro atoms. The SMILES string of the molecule is CCC1(CC)CC(=O)O[C@@H](CBr)C1. The smallest absolute Gasteiger partial charge is 0.306 e. The molecule has 0 amide bonds. The van der Waals surface area contributed by atoms with E-state index in [1.807, 2.05) is 0 Å². The molecule has 0 N–H and O–H groups in total. The summed E-state index contributed by atoms with van der Waals surface area (Å²) in [5.74, 6) is -0.0283. The second-order valence-electron chi connectivity index (χ2n) is 3.85. The molecule has 1 fully saturated rings. The van der Waals surface area contributed by atoms with Crippen LogP contribution in [0.3, 0.4) is 0 Å². The van der Waals surface area contributed by atoms with E-state index in [1.54, 1.807) is 0 Å². The van der Waals surface area contributed by atoms with Gasteiger partial charge in [-0.3, -0.25) is 4.79 Å². The van der Waals surface area contributed by atoms with Crippen LogP contribution in [0.5, 0.6) is 0 Å². The first-order chi connectivity index (χ1) is 6.15. The van der Waals surface area contributed by atoms with Crippen molar-refractivity contribution in [2.24, 2.45) is 5.41 Å². The Balaban J connectivity index is 2.69. The van der Waals surface area contributed by atoms with Gasteiger partial charge in [0.05, 0.1) is 6.42 Å². The Morgan fingerprint density at radius 1 is 1.54 bits per heavy atom. The molecule has 0 saturated carbocycles. The lowest BCUT2D eigenvalue weighted by Gasteiger charge is -2.38. The number of rotatable bonds is 3. The molecule has 1 rings (SSSR count). The van der Waals surface area contributed by atoms with Gasteiger partial charge in [0.1, 0.15) is 6.10 Å². The number of halogens is 1. The zero-order valence-corrected chi connectivity index (χ0v) is 9.89. The third-order valence-electron chi connectivity index (χ3n) is 3.15. The van der Waals surface area contributed by atoms with E-state index in [2.05, 4.69) is 29.8 Å². The Labute approximate surface area is 88.2 Å². The van der Waals surface area contributed by atoms with Crippen molar-refractivity contribution in [2.75, 3.05) is 5.33 Å². The van der Waals surface area contributed by atoms with E-state index in [-0.39, 0.29) is 17.5 Å². The topological polar surface area (TPSA) is 26.3 Å². The van der Waals surface area contributed by atoms with Crippen LogP contribution in [0, 0.1) is 5.41 Å². The van der Waals surface area contributed by atoms with Gasteiger partial charge < -0.3 is 4.74 Å². The van der Waals surface area contributed by atoms with Crippen molar-refractivity contribution < 1.29 is 9.53 Å². The zero-order chi connectivity index (χ0) is 9.90. The highest BCUT2D eigenvalue weighted by Gasteiger charge is 2.38. The first kappa shape index (κ1) is 11.0. The molecular weight excluding hydrogens is 232 g/mol. The molecule has 1 saturated heterocycles. The second kappa shape index (κ2) is 4.45. The van der Waals surface area contributed by atoms with Crippen LogP contribution in [0.25, 0.3) is 0 Å². The Morgan fingerprint density at radius 2 is 2.15 bits per heavy atom. The molecule has 1 atom stereocenters. The van der Waals surface area contributed by atoms with Crippen molar-refractivity contribution >= 4 is 21.9 Å². The summed E-state index contributed by atoms with van der Waals surface area (Å²) < 4.78 is 5.21. The van der Waals surface area contributed by atoms with E-state index >= 15 is 0 Å². The highest BCUT2D eigenvalue weighted by molar-refractivity contribution is 9.09. The van der Waals surface area contributed by atoms with Crippen LogP contribution >= 0.6 is 15.9 Å². The van der Waals surface area contributed by atoms with Gasteiger partial charge in [-0.1, -0.05) is 29.8 Å². The average molecular weight is 249 g/mol. The predicted octanol–water partition coefficient (Wildman–Crippen LogP) is 2.89. The van der Waals surface area contributed by atoms with Crippen molar-refractivity contribution in [3.05, 3.63) is 0 Å². The molecule has 13 heavy (non-hydrogen) atoms. The fraction of sp³-hybridized carbons (Fsp3) is 0.900. The van der Waals surface area contributed by atoms with Crippen LogP contribution in [0.4, 0.5) is 0 Å². The normalized spacial score (nSPS) is 27.0. The van der Waals surface area contributed by atoms with Gasteiger partial charge in [0.15, 0.2) is 0 Å². The molecule has 0 radical (unpaired) electrons. The predicted molar refractivity (Wildman–Crippen MR) is 55.9 cm³/mol. The molecule has 1 aliphatic heterocycles. The fourth-order valence-electron chi connectivity index (χ4n) is 2.01. The summed E-state index contributed by atoms with van der Waals surface area (Å²) in [6.45, 7) is 4.32. The molecule has 3 heteroatoms. The summed E-state index contributed by atoms with van der Waals surface area (Å²) >= 11 is 3.37. The van der Waals surface area contributed by atoms with Crippen molar-refractivity contribution in [1.29, 1.82) is 0 Å². The maximum Gasteiger partial charge on any atom is 0.306 e. The number of ether oxygens (including phenoxy) is 1. The molecule has 0 aromatic rings. The summed E-state index contributed by atoms with van der Waals surface area (Å²) in [4.78, 5) is 11.3. The van der Waals surface area contributed by atoms with E-state index < -0.39 is 0 Å². The maximum atomic E-state index is 11.3. The van der Waals surface area contributed by atoms with Crippen LogP contribution in [0.15, 0.2) is 0 Å². The van der Waals surface area contributed by atoms with E-state index in [9.17, 15) is 4.79 Å². The first-order valence-electron chi connectivity index (χ1n) is 4.91. The van der Waals surface area contributed by atoms with E-state index in [4.69, 9.17) is 4.74 Å². The van der Waals surface area contributed by atoms with Crippen LogP contribution in [0.1, 0.15) is 39.5 Å². The molecule has 0 aromatic carbocycles. The summed E-state index contributed by atoms with van der Waals surface area (Å²) in [5, 5.41) is 0.764. The molecule has 2 nitrogen and oxygen atoms in total. The quantitative estimate of drug-likeness (QED) is 0.567. The monoisotopic (exact) mass is 248 g/mol. The highest BCUT2D eigenvalue weighted by atomic mass is 79.9. The summed E-state index contributed by atoms with van der Waals surface area (Å²) in [7, 11) is 0. The first-order valence-corrected chi connectivity index (χ1v) is 6.03. The lowest BCUT2D eigenvalue weighted by molar-refractivity contribution is -0.160. The van der Waals surface area contributed by atoms with Crippen LogP contribution in [-0.4, -0.2) is 17.4 Å². The Hall–Kier alpha value is -0.0500. The van der Waals surface area contributed by atoms with E-state index in [1.165, 1.54) is 0 Å². The van der Waals surface area contributed by atoms with Gasteiger partial charge >= 0.3 is 5.97 Å². The minimum Gasteiger partial charge on any atom is -0.461 e. The van der Waals surface area contributed by atoms with Crippen molar-refractivity contribution in [2.45, 2.75) is 45.6 Å². The van der Waals surface area contributed by atoms with Gasteiger partial charge in [-0.05, 0) is 24.7 Å². The summed E-state index contributed by atoms with van der Waals surface area (Å²) in [5.41, 5.74) is 0.202. The lowest BCUT2D eigenvalue weighted by atomic mass is 9.73. The largest absolute Gasteiger partial charge is 0.461 e. The Kier molecular flexibility index (Phi) is 3.77. The van der Waals surface area contributed by atoms with Crippen molar-refractivity contribution in [3.63, 3.8) is 0 Å². The van der Waals surface area contributed by atoms with Crippen molar-refractivity contribution in [3.8, 4) is 0 Å². The van der Waals surface area contributed by atoms with Crippen molar-refractivity contribution in [1.82, 2.24) is 0 Å². The number of carbonyl (C=O) groups is 1. The van der Waals surface area contributed by atoms with Gasteiger partial charge in [0.25, 0.3) is 0 Å². The molecule has 76 valence electrons. The van der Waals surface area contributed by atoms with Gasteiger partial charge in [-0.2, -0.15) is 0 Å². The molecular formula is C10H17BrO2. The van der Waals surface area contributed by atoms with Crippen LogP contribution < -0.4 is 0 Å². The Morgan fingerprint density at radius 3 is 2.62 bits per heavy atom. The number of hydrogen-bond acceptors (Lipinski definition) is 2. The maximum absolute atomic E-state index is 11.3. The minimum absolute atomic E-state index is 0.0283. The number of cyclic esters (lactones) is 1. The number of hydrogen-bond donors (Lipinski definition) is 0. The Bertz CT molecular complexity index is 187.